The van der Waals surface area contributed by atoms with Crippen LogP contribution in [0.4, 0.5) is 0 Å². The van der Waals surface area contributed by atoms with Gasteiger partial charge in [0.25, 0.3) is 0 Å². The van der Waals surface area contributed by atoms with Gasteiger partial charge in [0.05, 0.1) is 11.9 Å². The number of halogens is 2. The molecule has 3 nitrogen and oxygen atoms in total. The third-order valence-corrected chi connectivity index (χ3v) is 3.14. The number of hydrogen-bond donors (Lipinski definition) is 0. The summed E-state index contributed by atoms with van der Waals surface area (Å²) >= 11 is 4.44. The van der Waals surface area contributed by atoms with E-state index >= 15 is 0 Å². The lowest BCUT2D eigenvalue weighted by Gasteiger charge is -2.03. The summed E-state index contributed by atoms with van der Waals surface area (Å²) in [5.74, 6) is 0. The fourth-order valence-electron chi connectivity index (χ4n) is 1.13. The summed E-state index contributed by atoms with van der Waals surface area (Å²) in [7, 11) is 0. The zero-order chi connectivity index (χ0) is 10.1. The Bertz CT molecular complexity index is 465. The van der Waals surface area contributed by atoms with E-state index in [0.717, 1.165) is 13.0 Å². The Morgan fingerprint density at radius 2 is 2.07 bits per heavy atom. The van der Waals surface area contributed by atoms with Gasteiger partial charge in [0, 0.05) is 3.57 Å². The number of benzene rings is 1. The van der Waals surface area contributed by atoms with Gasteiger partial charge in [0.2, 0.25) is 0 Å². The summed E-state index contributed by atoms with van der Waals surface area (Å²) < 4.78 is 2.06. The molecule has 0 aliphatic carbocycles. The standard InChI is InChI=1S/C9H7I2N3/c1-6-2-3-8(7(10)4-6)14-12-5-9(11)13-14/h2-5H,1H3. The molecule has 0 aliphatic rings. The fraction of sp³-hybridized carbons (Fsp3) is 0.111. The zero-order valence-corrected chi connectivity index (χ0v) is 11.7. The van der Waals surface area contributed by atoms with Gasteiger partial charge in [0.1, 0.15) is 3.70 Å². The smallest absolute Gasteiger partial charge is 0.143 e. The van der Waals surface area contributed by atoms with Crippen molar-refractivity contribution < 1.29 is 0 Å². The van der Waals surface area contributed by atoms with E-state index < -0.39 is 0 Å². The molecule has 0 aliphatic heterocycles. The number of hydrogen-bond acceptors (Lipinski definition) is 2. The zero-order valence-electron chi connectivity index (χ0n) is 7.41. The largest absolute Gasteiger partial charge is 0.156 e. The Kier molecular flexibility index (Phi) is 3.05. The van der Waals surface area contributed by atoms with Crippen molar-refractivity contribution in [3.63, 3.8) is 0 Å². The van der Waals surface area contributed by atoms with Crippen LogP contribution in [0.1, 0.15) is 5.56 Å². The molecule has 0 fully saturated rings. The molecule has 0 unspecified atom stereocenters. The van der Waals surface area contributed by atoms with E-state index in [-0.39, 0.29) is 0 Å². The molecule has 0 atom stereocenters. The third kappa shape index (κ3) is 2.08. The van der Waals surface area contributed by atoms with Crippen molar-refractivity contribution in [2.24, 2.45) is 0 Å². The predicted molar refractivity (Wildman–Crippen MR) is 71.5 cm³/mol. The fourth-order valence-corrected chi connectivity index (χ4v) is 2.35. The van der Waals surface area contributed by atoms with Gasteiger partial charge in [0.15, 0.2) is 0 Å². The lowest BCUT2D eigenvalue weighted by Crippen LogP contribution is -2.01. The second kappa shape index (κ2) is 4.13. The molecule has 0 spiro atoms. The Morgan fingerprint density at radius 3 is 2.64 bits per heavy atom. The van der Waals surface area contributed by atoms with Crippen LogP contribution in [0.2, 0.25) is 0 Å². The summed E-state index contributed by atoms with van der Waals surface area (Å²) in [5, 5.41) is 8.43. The number of aromatic nitrogens is 3. The Hall–Kier alpha value is -0.180. The molecule has 14 heavy (non-hydrogen) atoms. The first kappa shape index (κ1) is 10.3. The minimum atomic E-state index is 0.902. The van der Waals surface area contributed by atoms with E-state index in [2.05, 4.69) is 74.4 Å². The van der Waals surface area contributed by atoms with Gasteiger partial charge in [-0.25, -0.2) is 0 Å². The van der Waals surface area contributed by atoms with E-state index in [1.807, 2.05) is 6.07 Å². The first-order valence-electron chi connectivity index (χ1n) is 4.01. The highest BCUT2D eigenvalue weighted by atomic mass is 127. The van der Waals surface area contributed by atoms with Gasteiger partial charge in [-0.2, -0.15) is 5.10 Å². The molecule has 2 rings (SSSR count). The summed E-state index contributed by atoms with van der Waals surface area (Å²) in [6, 6.07) is 6.22. The second-order valence-electron chi connectivity index (χ2n) is 2.91. The first-order valence-corrected chi connectivity index (χ1v) is 6.17. The Balaban J connectivity index is 2.52. The van der Waals surface area contributed by atoms with E-state index in [4.69, 9.17) is 0 Å². The average Bonchev–Trinajstić information content (AvgIpc) is 2.51. The van der Waals surface area contributed by atoms with Crippen LogP contribution in [0.5, 0.6) is 0 Å². The van der Waals surface area contributed by atoms with Crippen molar-refractivity contribution in [2.45, 2.75) is 6.92 Å². The quantitative estimate of drug-likeness (QED) is 0.677. The van der Waals surface area contributed by atoms with E-state index in [9.17, 15) is 0 Å². The minimum Gasteiger partial charge on any atom is -0.156 e. The van der Waals surface area contributed by atoms with Crippen LogP contribution in [0, 0.1) is 14.2 Å². The molecule has 0 saturated carbocycles. The van der Waals surface area contributed by atoms with Crippen molar-refractivity contribution in [3.05, 3.63) is 37.2 Å². The normalized spacial score (nSPS) is 10.5. The van der Waals surface area contributed by atoms with E-state index in [1.54, 1.807) is 11.0 Å². The Morgan fingerprint density at radius 1 is 1.29 bits per heavy atom. The maximum atomic E-state index is 4.26. The lowest BCUT2D eigenvalue weighted by atomic mass is 10.2. The van der Waals surface area contributed by atoms with Gasteiger partial charge in [-0.3, -0.25) is 0 Å². The molecular weight excluding hydrogens is 404 g/mol. The van der Waals surface area contributed by atoms with Gasteiger partial charge in [-0.15, -0.1) is 9.90 Å². The second-order valence-corrected chi connectivity index (χ2v) is 5.18. The van der Waals surface area contributed by atoms with Gasteiger partial charge in [-0.1, -0.05) is 6.07 Å². The van der Waals surface area contributed by atoms with E-state index in [0.29, 0.717) is 0 Å². The SMILES string of the molecule is Cc1ccc(-n2ncc(I)n2)c(I)c1. The molecular formula is C9H7I2N3. The van der Waals surface area contributed by atoms with Crippen LogP contribution >= 0.6 is 45.2 Å². The number of nitrogens with zero attached hydrogens (tertiary/aromatic N) is 3. The molecule has 0 radical (unpaired) electrons. The summed E-state index contributed by atoms with van der Waals surface area (Å²) in [4.78, 5) is 1.66. The molecule has 1 heterocycles. The number of aryl methyl sites for hydroxylation is 1. The van der Waals surface area contributed by atoms with Gasteiger partial charge >= 0.3 is 0 Å². The monoisotopic (exact) mass is 411 g/mol. The van der Waals surface area contributed by atoms with Crippen molar-refractivity contribution in [1.29, 1.82) is 0 Å². The van der Waals surface area contributed by atoms with Crippen LogP contribution < -0.4 is 0 Å². The van der Waals surface area contributed by atoms with Crippen molar-refractivity contribution in [3.8, 4) is 5.69 Å². The number of rotatable bonds is 1. The van der Waals surface area contributed by atoms with Gasteiger partial charge in [-0.05, 0) is 69.8 Å². The van der Waals surface area contributed by atoms with Crippen LogP contribution in [0.25, 0.3) is 5.69 Å². The maximum Gasteiger partial charge on any atom is 0.143 e. The van der Waals surface area contributed by atoms with Gasteiger partial charge < -0.3 is 0 Å². The maximum absolute atomic E-state index is 4.26. The molecule has 1 aromatic heterocycles. The lowest BCUT2D eigenvalue weighted by molar-refractivity contribution is 0.744. The molecule has 0 saturated heterocycles. The molecule has 0 N–H and O–H groups in total. The van der Waals surface area contributed by atoms with Crippen LogP contribution in [-0.2, 0) is 0 Å². The minimum absolute atomic E-state index is 0.902. The molecule has 0 bridgehead atoms. The van der Waals surface area contributed by atoms with Crippen LogP contribution in [0.3, 0.4) is 0 Å². The highest BCUT2D eigenvalue weighted by molar-refractivity contribution is 14.1. The van der Waals surface area contributed by atoms with E-state index in [1.165, 1.54) is 5.56 Å². The van der Waals surface area contributed by atoms with Crippen molar-refractivity contribution in [2.75, 3.05) is 0 Å². The molecule has 2 aromatic rings. The molecule has 0 amide bonds. The Labute approximate surface area is 109 Å². The van der Waals surface area contributed by atoms with Crippen molar-refractivity contribution in [1.82, 2.24) is 15.0 Å². The first-order chi connectivity index (χ1) is 6.66. The summed E-state index contributed by atoms with van der Waals surface area (Å²) in [6.07, 6.45) is 1.75. The summed E-state index contributed by atoms with van der Waals surface area (Å²) in [5.41, 5.74) is 2.28. The molecule has 72 valence electrons. The molecule has 1 aromatic carbocycles. The highest BCUT2D eigenvalue weighted by Crippen LogP contribution is 2.17. The average molecular weight is 411 g/mol. The van der Waals surface area contributed by atoms with Crippen molar-refractivity contribution >= 4 is 45.2 Å². The van der Waals surface area contributed by atoms with Crippen LogP contribution in [-0.4, -0.2) is 15.0 Å². The molecule has 5 heteroatoms. The highest BCUT2D eigenvalue weighted by Gasteiger charge is 2.04. The third-order valence-electron chi connectivity index (χ3n) is 1.78. The van der Waals surface area contributed by atoms with Crippen LogP contribution in [0.15, 0.2) is 24.4 Å². The topological polar surface area (TPSA) is 30.7 Å². The predicted octanol–water partition coefficient (Wildman–Crippen LogP) is 2.78. The summed E-state index contributed by atoms with van der Waals surface area (Å²) in [6.45, 7) is 2.08.